The van der Waals surface area contributed by atoms with Gasteiger partial charge < -0.3 is 4.90 Å². The lowest BCUT2D eigenvalue weighted by Gasteiger charge is -2.34. The summed E-state index contributed by atoms with van der Waals surface area (Å²) >= 11 is 5.33. The lowest BCUT2D eigenvalue weighted by atomic mass is 9.85. The average Bonchev–Trinajstić information content (AvgIpc) is 2.75. The Morgan fingerprint density at radius 3 is 3.12 bits per heavy atom. The quantitative estimate of drug-likeness (QED) is 0.809. The summed E-state index contributed by atoms with van der Waals surface area (Å²) in [5.41, 5.74) is 1.18. The van der Waals surface area contributed by atoms with Crippen molar-refractivity contribution in [2.45, 2.75) is 24.2 Å². The van der Waals surface area contributed by atoms with Gasteiger partial charge in [-0.2, -0.15) is 0 Å². The monoisotopic (exact) mass is 313 g/mol. The second kappa shape index (κ2) is 4.71. The van der Waals surface area contributed by atoms with Gasteiger partial charge in [-0.15, -0.1) is 11.3 Å². The summed E-state index contributed by atoms with van der Waals surface area (Å²) in [5.74, 6) is 0.869. The molecule has 5 heteroatoms. The van der Waals surface area contributed by atoms with E-state index in [9.17, 15) is 0 Å². The number of hydrogen-bond acceptors (Lipinski definition) is 3. The third kappa shape index (κ3) is 2.56. The zero-order chi connectivity index (χ0) is 11.8. The molecule has 1 aliphatic rings. The van der Waals surface area contributed by atoms with Gasteiger partial charge >= 0.3 is 0 Å². The third-order valence-corrected chi connectivity index (χ3v) is 4.84. The maximum Gasteiger partial charge on any atom is 0.193 e. The van der Waals surface area contributed by atoms with Crippen LogP contribution in [-0.2, 0) is 6.54 Å². The molecule has 0 N–H and O–H groups in total. The number of aromatic nitrogens is 2. The van der Waals surface area contributed by atoms with E-state index in [2.05, 4.69) is 55.0 Å². The maximum absolute atomic E-state index is 4.61. The molecule has 0 aliphatic heterocycles. The molecule has 1 saturated carbocycles. The Kier molecular flexibility index (Phi) is 3.23. The summed E-state index contributed by atoms with van der Waals surface area (Å²) in [6, 6.07) is 0. The summed E-state index contributed by atoms with van der Waals surface area (Å²) in [7, 11) is 2.19. The van der Waals surface area contributed by atoms with Crippen LogP contribution in [0.4, 0.5) is 0 Å². The average molecular weight is 314 g/mol. The number of imidazole rings is 1. The largest absolute Gasteiger partial charge is 0.300 e. The SMILES string of the molecule is CN(Cc1cn2ccsc2n1)CC1CC(Br)C1. The lowest BCUT2D eigenvalue weighted by Crippen LogP contribution is -2.34. The molecule has 3 rings (SSSR count). The summed E-state index contributed by atoms with van der Waals surface area (Å²) in [4.78, 5) is 8.85. The molecule has 3 nitrogen and oxygen atoms in total. The van der Waals surface area contributed by atoms with Crippen molar-refractivity contribution >= 4 is 32.2 Å². The van der Waals surface area contributed by atoms with Crippen molar-refractivity contribution < 1.29 is 0 Å². The van der Waals surface area contributed by atoms with Gasteiger partial charge in [0, 0.05) is 35.7 Å². The van der Waals surface area contributed by atoms with E-state index in [1.165, 1.54) is 25.1 Å². The summed E-state index contributed by atoms with van der Waals surface area (Å²) in [5, 5.41) is 2.07. The first kappa shape index (κ1) is 11.7. The second-order valence-corrected chi connectivity index (χ2v) is 7.12. The van der Waals surface area contributed by atoms with E-state index >= 15 is 0 Å². The van der Waals surface area contributed by atoms with Crippen LogP contribution in [0.1, 0.15) is 18.5 Å². The topological polar surface area (TPSA) is 20.5 Å². The molecule has 17 heavy (non-hydrogen) atoms. The predicted molar refractivity (Wildman–Crippen MR) is 74.8 cm³/mol. The van der Waals surface area contributed by atoms with Gasteiger partial charge in [0.15, 0.2) is 4.96 Å². The molecule has 92 valence electrons. The highest BCUT2D eigenvalue weighted by atomic mass is 79.9. The zero-order valence-corrected chi connectivity index (χ0v) is 12.2. The van der Waals surface area contributed by atoms with Crippen molar-refractivity contribution in [1.29, 1.82) is 0 Å². The van der Waals surface area contributed by atoms with Crippen molar-refractivity contribution in [2.24, 2.45) is 5.92 Å². The van der Waals surface area contributed by atoms with E-state index in [-0.39, 0.29) is 0 Å². The Morgan fingerprint density at radius 2 is 2.41 bits per heavy atom. The van der Waals surface area contributed by atoms with Gasteiger partial charge in [-0.3, -0.25) is 4.40 Å². The Labute approximate surface area is 114 Å². The normalized spacial score (nSPS) is 24.4. The number of hydrogen-bond donors (Lipinski definition) is 0. The molecule has 2 aromatic rings. The zero-order valence-electron chi connectivity index (χ0n) is 9.84. The van der Waals surface area contributed by atoms with Crippen molar-refractivity contribution in [3.63, 3.8) is 0 Å². The van der Waals surface area contributed by atoms with Crippen LogP contribution >= 0.6 is 27.3 Å². The van der Waals surface area contributed by atoms with Gasteiger partial charge in [0.25, 0.3) is 0 Å². The molecule has 0 atom stereocenters. The van der Waals surface area contributed by atoms with Gasteiger partial charge in [0.05, 0.1) is 5.69 Å². The van der Waals surface area contributed by atoms with Crippen LogP contribution in [0, 0.1) is 5.92 Å². The molecular formula is C12H16BrN3S. The van der Waals surface area contributed by atoms with Crippen LogP contribution in [0.5, 0.6) is 0 Å². The third-order valence-electron chi connectivity index (χ3n) is 3.32. The summed E-state index contributed by atoms with van der Waals surface area (Å²) in [6.07, 6.45) is 6.85. The van der Waals surface area contributed by atoms with Crippen molar-refractivity contribution in [2.75, 3.05) is 13.6 Å². The summed E-state index contributed by atoms with van der Waals surface area (Å²) in [6.45, 7) is 2.14. The molecule has 0 saturated heterocycles. The minimum atomic E-state index is 0.763. The second-order valence-electron chi connectivity index (χ2n) is 4.96. The number of alkyl halides is 1. The van der Waals surface area contributed by atoms with Gasteiger partial charge in [-0.05, 0) is 25.8 Å². The van der Waals surface area contributed by atoms with E-state index in [1.807, 2.05) is 0 Å². The van der Waals surface area contributed by atoms with Crippen LogP contribution in [0.2, 0.25) is 0 Å². The molecule has 2 heterocycles. The highest BCUT2D eigenvalue weighted by Crippen LogP contribution is 2.33. The Bertz CT molecular complexity index is 472. The Morgan fingerprint density at radius 1 is 1.59 bits per heavy atom. The lowest BCUT2D eigenvalue weighted by molar-refractivity contribution is 0.207. The molecule has 0 spiro atoms. The summed E-state index contributed by atoms with van der Waals surface area (Å²) < 4.78 is 2.10. The number of halogens is 1. The van der Waals surface area contributed by atoms with Gasteiger partial charge in [-0.25, -0.2) is 4.98 Å². The number of thiazole rings is 1. The highest BCUT2D eigenvalue weighted by Gasteiger charge is 2.27. The smallest absolute Gasteiger partial charge is 0.193 e. The van der Waals surface area contributed by atoms with E-state index < -0.39 is 0 Å². The fourth-order valence-corrected chi connectivity index (χ4v) is 4.21. The fraction of sp³-hybridized carbons (Fsp3) is 0.583. The molecule has 1 fully saturated rings. The molecular weight excluding hydrogens is 298 g/mol. The first-order chi connectivity index (χ1) is 8.20. The predicted octanol–water partition coefficient (Wildman–Crippen LogP) is 3.00. The van der Waals surface area contributed by atoms with E-state index in [4.69, 9.17) is 0 Å². The van der Waals surface area contributed by atoms with Crippen LogP contribution < -0.4 is 0 Å². The van der Waals surface area contributed by atoms with Crippen molar-refractivity contribution in [3.05, 3.63) is 23.5 Å². The maximum atomic E-state index is 4.61. The van der Waals surface area contributed by atoms with Crippen LogP contribution in [0.3, 0.4) is 0 Å². The van der Waals surface area contributed by atoms with Crippen LogP contribution in [0.15, 0.2) is 17.8 Å². The molecule has 0 aromatic carbocycles. The van der Waals surface area contributed by atoms with Gasteiger partial charge in [-0.1, -0.05) is 15.9 Å². The van der Waals surface area contributed by atoms with E-state index in [1.54, 1.807) is 11.3 Å². The molecule has 0 amide bonds. The Hall–Kier alpha value is -0.390. The number of nitrogens with zero attached hydrogens (tertiary/aromatic N) is 3. The van der Waals surface area contributed by atoms with Crippen molar-refractivity contribution in [1.82, 2.24) is 14.3 Å². The van der Waals surface area contributed by atoms with Crippen LogP contribution in [0.25, 0.3) is 4.96 Å². The number of fused-ring (bicyclic) bond motifs is 1. The number of rotatable bonds is 4. The molecule has 0 bridgehead atoms. The minimum absolute atomic E-state index is 0.763. The van der Waals surface area contributed by atoms with Crippen molar-refractivity contribution in [3.8, 4) is 0 Å². The van der Waals surface area contributed by atoms with Gasteiger partial charge in [0.1, 0.15) is 0 Å². The van der Waals surface area contributed by atoms with E-state index in [0.29, 0.717) is 0 Å². The standard InChI is InChI=1S/C12H16BrN3S/c1-15(6-9-4-10(13)5-9)7-11-8-16-2-3-17-12(16)14-11/h2-3,8-10H,4-7H2,1H3. The van der Waals surface area contributed by atoms with Crippen LogP contribution in [-0.4, -0.2) is 32.7 Å². The molecule has 2 aromatic heterocycles. The van der Waals surface area contributed by atoms with Gasteiger partial charge in [0.2, 0.25) is 0 Å². The molecule has 0 unspecified atom stereocenters. The molecule has 0 radical (unpaired) electrons. The minimum Gasteiger partial charge on any atom is -0.300 e. The first-order valence-electron chi connectivity index (χ1n) is 5.94. The van der Waals surface area contributed by atoms with E-state index in [0.717, 1.165) is 22.3 Å². The molecule has 1 aliphatic carbocycles. The Balaban J connectivity index is 1.57. The highest BCUT2D eigenvalue weighted by molar-refractivity contribution is 9.09. The first-order valence-corrected chi connectivity index (χ1v) is 7.74. The fourth-order valence-electron chi connectivity index (χ4n) is 2.44.